The van der Waals surface area contributed by atoms with E-state index in [9.17, 15) is 14.7 Å². The van der Waals surface area contributed by atoms with Crippen LogP contribution in [-0.4, -0.2) is 41.6 Å². The van der Waals surface area contributed by atoms with Crippen molar-refractivity contribution in [1.29, 1.82) is 0 Å². The van der Waals surface area contributed by atoms with Gasteiger partial charge >= 0.3 is 5.97 Å². The topological polar surface area (TPSA) is 66.8 Å². The number of piperidine rings is 1. The Labute approximate surface area is 136 Å². The monoisotopic (exact) mass is 317 g/mol. The molecule has 1 aromatic carbocycles. The minimum Gasteiger partial charge on any atom is -0.481 e. The minimum absolute atomic E-state index is 0.0458. The first-order chi connectivity index (χ1) is 11.2. The molecule has 0 bridgehead atoms. The Morgan fingerprint density at radius 2 is 1.91 bits per heavy atom. The molecule has 3 rings (SSSR count). The van der Waals surface area contributed by atoms with E-state index in [2.05, 4.69) is 0 Å². The Bertz CT molecular complexity index is 559. The number of aliphatic carboxylic acids is 1. The van der Waals surface area contributed by atoms with Crippen molar-refractivity contribution >= 4 is 11.9 Å². The predicted molar refractivity (Wildman–Crippen MR) is 84.8 cm³/mol. The SMILES string of the molecule is O=C(O)[C@@H]1CCCN(C(=O)[C@@H]2CCCO[C@@H]2c2ccccc2)C1. The molecule has 2 saturated heterocycles. The van der Waals surface area contributed by atoms with Crippen LogP contribution in [-0.2, 0) is 14.3 Å². The lowest BCUT2D eigenvalue weighted by atomic mass is 9.87. The third-order valence-electron chi connectivity index (χ3n) is 4.85. The van der Waals surface area contributed by atoms with Gasteiger partial charge in [-0.05, 0) is 31.2 Å². The molecule has 0 unspecified atom stereocenters. The van der Waals surface area contributed by atoms with E-state index < -0.39 is 11.9 Å². The molecule has 2 aliphatic heterocycles. The van der Waals surface area contributed by atoms with Gasteiger partial charge in [-0.2, -0.15) is 0 Å². The molecule has 2 fully saturated rings. The van der Waals surface area contributed by atoms with Gasteiger partial charge in [-0.3, -0.25) is 9.59 Å². The van der Waals surface area contributed by atoms with Gasteiger partial charge in [0.25, 0.3) is 0 Å². The van der Waals surface area contributed by atoms with Crippen molar-refractivity contribution in [3.8, 4) is 0 Å². The van der Waals surface area contributed by atoms with E-state index in [1.165, 1.54) is 0 Å². The standard InChI is InChI=1S/C18H23NO4/c20-17(19-10-4-8-14(12-19)18(21)22)15-9-5-11-23-16(15)13-6-2-1-3-7-13/h1-3,6-7,14-16H,4-5,8-12H2,(H,21,22)/t14-,15-,16-/m1/s1. The second-order valence-corrected chi connectivity index (χ2v) is 6.41. The molecular formula is C18H23NO4. The number of carboxylic acids is 1. The summed E-state index contributed by atoms with van der Waals surface area (Å²) in [6.45, 7) is 1.65. The molecule has 5 heteroatoms. The summed E-state index contributed by atoms with van der Waals surface area (Å²) in [5.41, 5.74) is 1.03. The second kappa shape index (κ2) is 7.13. The van der Waals surface area contributed by atoms with Crippen LogP contribution in [0.5, 0.6) is 0 Å². The van der Waals surface area contributed by atoms with Crippen LogP contribution in [0.15, 0.2) is 30.3 Å². The third-order valence-corrected chi connectivity index (χ3v) is 4.85. The van der Waals surface area contributed by atoms with Crippen LogP contribution in [0.4, 0.5) is 0 Å². The Hall–Kier alpha value is -1.88. The molecule has 3 atom stereocenters. The number of hydrogen-bond acceptors (Lipinski definition) is 3. The van der Waals surface area contributed by atoms with E-state index in [0.717, 1.165) is 24.8 Å². The number of carbonyl (C=O) groups excluding carboxylic acids is 1. The number of amides is 1. The first-order valence-electron chi connectivity index (χ1n) is 8.35. The molecule has 0 saturated carbocycles. The molecule has 0 aliphatic carbocycles. The number of hydrogen-bond donors (Lipinski definition) is 1. The van der Waals surface area contributed by atoms with E-state index >= 15 is 0 Å². The average Bonchev–Trinajstić information content (AvgIpc) is 2.62. The van der Waals surface area contributed by atoms with E-state index in [1.807, 2.05) is 30.3 Å². The number of ether oxygens (including phenoxy) is 1. The van der Waals surface area contributed by atoms with Crippen molar-refractivity contribution in [3.05, 3.63) is 35.9 Å². The number of likely N-dealkylation sites (tertiary alicyclic amines) is 1. The number of carbonyl (C=O) groups is 2. The van der Waals surface area contributed by atoms with E-state index in [1.54, 1.807) is 4.90 Å². The molecule has 2 heterocycles. The zero-order valence-electron chi connectivity index (χ0n) is 13.2. The quantitative estimate of drug-likeness (QED) is 0.930. The molecule has 124 valence electrons. The van der Waals surface area contributed by atoms with Gasteiger partial charge in [-0.15, -0.1) is 0 Å². The lowest BCUT2D eigenvalue weighted by molar-refractivity contribution is -0.151. The fraction of sp³-hybridized carbons (Fsp3) is 0.556. The summed E-state index contributed by atoms with van der Waals surface area (Å²) in [6, 6.07) is 9.84. The summed E-state index contributed by atoms with van der Waals surface area (Å²) in [5, 5.41) is 9.22. The number of benzene rings is 1. The molecule has 0 aromatic heterocycles. The second-order valence-electron chi connectivity index (χ2n) is 6.41. The highest BCUT2D eigenvalue weighted by Crippen LogP contribution is 2.35. The van der Waals surface area contributed by atoms with Gasteiger partial charge in [-0.25, -0.2) is 0 Å². The van der Waals surface area contributed by atoms with Crippen molar-refractivity contribution in [2.75, 3.05) is 19.7 Å². The Balaban J connectivity index is 1.75. The van der Waals surface area contributed by atoms with Crippen LogP contribution in [0, 0.1) is 11.8 Å². The van der Waals surface area contributed by atoms with Crippen molar-refractivity contribution in [2.24, 2.45) is 11.8 Å². The smallest absolute Gasteiger partial charge is 0.308 e. The van der Waals surface area contributed by atoms with Gasteiger partial charge in [0, 0.05) is 19.7 Å². The molecule has 1 aromatic rings. The minimum atomic E-state index is -0.804. The summed E-state index contributed by atoms with van der Waals surface area (Å²) in [6.07, 6.45) is 2.86. The molecular weight excluding hydrogens is 294 g/mol. The van der Waals surface area contributed by atoms with Crippen molar-refractivity contribution in [2.45, 2.75) is 31.8 Å². The lowest BCUT2D eigenvalue weighted by Crippen LogP contribution is -2.47. The van der Waals surface area contributed by atoms with Crippen LogP contribution in [0.1, 0.15) is 37.4 Å². The summed E-state index contributed by atoms with van der Waals surface area (Å²) >= 11 is 0. The number of rotatable bonds is 3. The van der Waals surface area contributed by atoms with Crippen molar-refractivity contribution in [1.82, 2.24) is 4.90 Å². The highest BCUT2D eigenvalue weighted by molar-refractivity contribution is 5.81. The summed E-state index contributed by atoms with van der Waals surface area (Å²) in [5.74, 6) is -1.41. The van der Waals surface area contributed by atoms with E-state index in [4.69, 9.17) is 4.74 Å². The molecule has 1 amide bonds. The lowest BCUT2D eigenvalue weighted by Gasteiger charge is -2.37. The maximum Gasteiger partial charge on any atom is 0.308 e. The first-order valence-corrected chi connectivity index (χ1v) is 8.35. The van der Waals surface area contributed by atoms with E-state index in [0.29, 0.717) is 26.1 Å². The Morgan fingerprint density at radius 1 is 1.13 bits per heavy atom. The summed E-state index contributed by atoms with van der Waals surface area (Å²) < 4.78 is 5.90. The Morgan fingerprint density at radius 3 is 2.65 bits per heavy atom. The molecule has 5 nitrogen and oxygen atoms in total. The summed E-state index contributed by atoms with van der Waals surface area (Å²) in [4.78, 5) is 25.9. The van der Waals surface area contributed by atoms with Crippen molar-refractivity contribution in [3.63, 3.8) is 0 Å². The van der Waals surface area contributed by atoms with Crippen LogP contribution >= 0.6 is 0 Å². The van der Waals surface area contributed by atoms with Crippen molar-refractivity contribution < 1.29 is 19.4 Å². The third kappa shape index (κ3) is 3.55. The van der Waals surface area contributed by atoms with Crippen LogP contribution in [0.2, 0.25) is 0 Å². The van der Waals surface area contributed by atoms with E-state index in [-0.39, 0.29) is 17.9 Å². The maximum absolute atomic E-state index is 13.0. The van der Waals surface area contributed by atoms with Crippen LogP contribution in [0.3, 0.4) is 0 Å². The fourth-order valence-corrected chi connectivity index (χ4v) is 3.62. The van der Waals surface area contributed by atoms with Gasteiger partial charge in [0.2, 0.25) is 5.91 Å². The Kier molecular flexibility index (Phi) is 4.96. The zero-order chi connectivity index (χ0) is 16.2. The molecule has 0 radical (unpaired) electrons. The van der Waals surface area contributed by atoms with Crippen LogP contribution in [0.25, 0.3) is 0 Å². The molecule has 23 heavy (non-hydrogen) atoms. The fourth-order valence-electron chi connectivity index (χ4n) is 3.62. The molecule has 0 spiro atoms. The number of carboxylic acid groups (broad SMARTS) is 1. The van der Waals surface area contributed by atoms with Gasteiger partial charge in [0.05, 0.1) is 17.9 Å². The van der Waals surface area contributed by atoms with Gasteiger partial charge < -0.3 is 14.7 Å². The molecule has 1 N–H and O–H groups in total. The van der Waals surface area contributed by atoms with Gasteiger partial charge in [0.1, 0.15) is 0 Å². The average molecular weight is 317 g/mol. The molecule has 2 aliphatic rings. The normalized spacial score (nSPS) is 28.3. The highest BCUT2D eigenvalue weighted by atomic mass is 16.5. The first kappa shape index (κ1) is 16.0. The van der Waals surface area contributed by atoms with Crippen LogP contribution < -0.4 is 0 Å². The van der Waals surface area contributed by atoms with Gasteiger partial charge in [-0.1, -0.05) is 30.3 Å². The number of nitrogens with zero attached hydrogens (tertiary/aromatic N) is 1. The maximum atomic E-state index is 13.0. The zero-order valence-corrected chi connectivity index (χ0v) is 13.2. The van der Waals surface area contributed by atoms with Gasteiger partial charge in [0.15, 0.2) is 0 Å². The predicted octanol–water partition coefficient (Wildman–Crippen LogP) is 2.48. The summed E-state index contributed by atoms with van der Waals surface area (Å²) in [7, 11) is 0. The highest BCUT2D eigenvalue weighted by Gasteiger charge is 2.38. The largest absolute Gasteiger partial charge is 0.481 e.